The normalized spacial score (nSPS) is 52.2. The maximum Gasteiger partial charge on any atom is 0.168 e. The molecule has 32 heavy (non-hydrogen) atoms. The predicted octanol–water partition coefficient (Wildman–Crippen LogP) is 4.46. The zero-order valence-electron chi connectivity index (χ0n) is 20.6. The molecule has 0 aromatic carbocycles. The van der Waals surface area contributed by atoms with Gasteiger partial charge in [-0.2, -0.15) is 0 Å². The van der Waals surface area contributed by atoms with Gasteiger partial charge in [0.1, 0.15) is 6.79 Å². The predicted molar refractivity (Wildman–Crippen MR) is 121 cm³/mol. The van der Waals surface area contributed by atoms with Crippen molar-refractivity contribution in [2.24, 2.45) is 39.9 Å². The molecule has 5 aliphatic rings. The Kier molecular flexibility index (Phi) is 4.97. The van der Waals surface area contributed by atoms with Gasteiger partial charge in [0, 0.05) is 23.7 Å². The van der Waals surface area contributed by atoms with E-state index in [0.29, 0.717) is 25.2 Å². The van der Waals surface area contributed by atoms with Gasteiger partial charge < -0.3 is 14.6 Å². The first-order valence-electron chi connectivity index (χ1n) is 12.6. The van der Waals surface area contributed by atoms with E-state index >= 15 is 0 Å². The number of hydrogen-bond donors (Lipinski definition) is 1. The van der Waals surface area contributed by atoms with E-state index in [4.69, 9.17) is 9.47 Å². The van der Waals surface area contributed by atoms with Crippen LogP contribution in [0, 0.1) is 39.9 Å². The van der Waals surface area contributed by atoms with Crippen LogP contribution in [0.2, 0.25) is 0 Å². The van der Waals surface area contributed by atoms with Crippen molar-refractivity contribution in [3.63, 3.8) is 0 Å². The highest BCUT2D eigenvalue weighted by molar-refractivity contribution is 5.92. The topological polar surface area (TPSA) is 72.8 Å². The van der Waals surface area contributed by atoms with Crippen molar-refractivity contribution in [1.82, 2.24) is 0 Å². The number of rotatable bonds is 3. The SMILES string of the molecule is CC(C)CC(=O)[C@@]12OCO[C@@H]1CC1C3C[C@H](C)C4=CC(=O)CCC4(C)[C@@]3(C)C(O)CC12C. The van der Waals surface area contributed by atoms with E-state index in [0.717, 1.165) is 19.3 Å². The fourth-order valence-electron chi connectivity index (χ4n) is 9.13. The standard InChI is InChI=1S/C27H40O5/c1-15(2)9-21(29)27-23(31-14-32-27)12-19-20-10-16(3)18-11-17(28)7-8-24(18,4)26(20,6)22(30)13-25(19,27)5/h11,15-16,19-20,22-23,30H,7-10,12-14H2,1-6H3/t16-,19?,20?,22?,23+,24?,25?,26+,27+/m0/s1. The van der Waals surface area contributed by atoms with Gasteiger partial charge in [-0.3, -0.25) is 9.59 Å². The van der Waals surface area contributed by atoms with E-state index in [9.17, 15) is 14.7 Å². The molecule has 5 rings (SSSR count). The molecule has 0 spiro atoms. The second-order valence-corrected chi connectivity index (χ2v) is 12.6. The van der Waals surface area contributed by atoms with Crippen LogP contribution in [0.1, 0.15) is 80.1 Å². The maximum absolute atomic E-state index is 13.7. The molecule has 0 amide bonds. The van der Waals surface area contributed by atoms with Gasteiger partial charge in [-0.05, 0) is 60.8 Å². The third-order valence-electron chi connectivity index (χ3n) is 10.9. The Bertz CT molecular complexity index is 877. The van der Waals surface area contributed by atoms with Crippen molar-refractivity contribution >= 4 is 11.6 Å². The van der Waals surface area contributed by atoms with Crippen molar-refractivity contribution in [2.45, 2.75) is 97.9 Å². The van der Waals surface area contributed by atoms with E-state index in [-0.39, 0.29) is 53.0 Å². The molecular formula is C27H40O5. The number of aliphatic hydroxyl groups excluding tert-OH is 1. The Labute approximate surface area is 192 Å². The van der Waals surface area contributed by atoms with Crippen molar-refractivity contribution in [3.05, 3.63) is 11.6 Å². The monoisotopic (exact) mass is 444 g/mol. The Morgan fingerprint density at radius 2 is 1.94 bits per heavy atom. The number of fused-ring (bicyclic) bond motifs is 7. The van der Waals surface area contributed by atoms with Gasteiger partial charge in [0.05, 0.1) is 12.2 Å². The summed E-state index contributed by atoms with van der Waals surface area (Å²) in [4.78, 5) is 26.0. The van der Waals surface area contributed by atoms with Gasteiger partial charge in [-0.25, -0.2) is 0 Å². The summed E-state index contributed by atoms with van der Waals surface area (Å²) in [6.45, 7) is 13.3. The zero-order valence-corrected chi connectivity index (χ0v) is 20.6. The molecule has 5 nitrogen and oxygen atoms in total. The summed E-state index contributed by atoms with van der Waals surface area (Å²) in [5.74, 6) is 1.41. The van der Waals surface area contributed by atoms with E-state index in [1.54, 1.807) is 0 Å². The number of carbonyl (C=O) groups is 2. The van der Waals surface area contributed by atoms with Gasteiger partial charge in [0.25, 0.3) is 0 Å². The Morgan fingerprint density at radius 3 is 2.62 bits per heavy atom. The van der Waals surface area contributed by atoms with Crippen LogP contribution in [0.3, 0.4) is 0 Å². The lowest BCUT2D eigenvalue weighted by Crippen LogP contribution is -2.67. The molecule has 5 unspecified atom stereocenters. The van der Waals surface area contributed by atoms with Crippen molar-refractivity contribution in [1.29, 1.82) is 0 Å². The minimum atomic E-state index is -0.951. The molecule has 4 aliphatic carbocycles. The van der Waals surface area contributed by atoms with Crippen molar-refractivity contribution in [3.8, 4) is 0 Å². The molecule has 0 aromatic rings. The van der Waals surface area contributed by atoms with E-state index in [1.807, 2.05) is 6.08 Å². The number of allylic oxidation sites excluding steroid dienone is 1. The van der Waals surface area contributed by atoms with Crippen molar-refractivity contribution in [2.75, 3.05) is 6.79 Å². The second kappa shape index (κ2) is 6.99. The molecule has 0 radical (unpaired) electrons. The molecule has 1 aliphatic heterocycles. The van der Waals surface area contributed by atoms with Crippen LogP contribution >= 0.6 is 0 Å². The number of Topliss-reactive ketones (excluding diaryl/α,β-unsaturated/α-hetero) is 1. The highest BCUT2D eigenvalue weighted by atomic mass is 16.7. The van der Waals surface area contributed by atoms with E-state index in [2.05, 4.69) is 41.5 Å². The molecule has 1 N–H and O–H groups in total. The Hall–Kier alpha value is -1.04. The highest BCUT2D eigenvalue weighted by Crippen LogP contribution is 2.74. The number of ether oxygens (including phenoxy) is 2. The summed E-state index contributed by atoms with van der Waals surface area (Å²) in [7, 11) is 0. The van der Waals surface area contributed by atoms with Crippen LogP contribution in [0.4, 0.5) is 0 Å². The van der Waals surface area contributed by atoms with Gasteiger partial charge in [0.15, 0.2) is 17.2 Å². The summed E-state index contributed by atoms with van der Waals surface area (Å²) >= 11 is 0. The molecule has 0 aromatic heterocycles. The molecular weight excluding hydrogens is 404 g/mol. The average molecular weight is 445 g/mol. The van der Waals surface area contributed by atoms with Gasteiger partial charge in [0.2, 0.25) is 0 Å². The van der Waals surface area contributed by atoms with E-state index in [1.165, 1.54) is 5.57 Å². The summed E-state index contributed by atoms with van der Waals surface area (Å²) in [5.41, 5.74) is -0.722. The van der Waals surface area contributed by atoms with Gasteiger partial charge in [-0.15, -0.1) is 0 Å². The third kappa shape index (κ3) is 2.51. The fourth-order valence-corrected chi connectivity index (χ4v) is 9.13. The minimum Gasteiger partial charge on any atom is -0.392 e. The van der Waals surface area contributed by atoms with Crippen LogP contribution < -0.4 is 0 Å². The zero-order chi connectivity index (χ0) is 23.3. The lowest BCUT2D eigenvalue weighted by molar-refractivity contribution is -0.223. The third-order valence-corrected chi connectivity index (χ3v) is 10.9. The Morgan fingerprint density at radius 1 is 1.22 bits per heavy atom. The molecule has 5 heteroatoms. The molecule has 1 heterocycles. The number of hydrogen-bond acceptors (Lipinski definition) is 5. The first-order valence-corrected chi connectivity index (χ1v) is 12.6. The summed E-state index contributed by atoms with van der Waals surface area (Å²) in [6, 6.07) is 0. The van der Waals surface area contributed by atoms with Gasteiger partial charge >= 0.3 is 0 Å². The highest BCUT2D eigenvalue weighted by Gasteiger charge is 2.77. The smallest absolute Gasteiger partial charge is 0.168 e. The largest absolute Gasteiger partial charge is 0.392 e. The first-order chi connectivity index (χ1) is 14.9. The fraction of sp³-hybridized carbons (Fsp3) is 0.852. The lowest BCUT2D eigenvalue weighted by Gasteiger charge is -2.67. The van der Waals surface area contributed by atoms with Crippen LogP contribution in [0.15, 0.2) is 11.6 Å². The number of carbonyl (C=O) groups excluding carboxylic acids is 2. The average Bonchev–Trinajstić information content (AvgIpc) is 3.23. The Balaban J connectivity index is 1.62. The summed E-state index contributed by atoms with van der Waals surface area (Å²) in [6.07, 6.45) is 5.21. The lowest BCUT2D eigenvalue weighted by atomic mass is 9.37. The summed E-state index contributed by atoms with van der Waals surface area (Å²) in [5, 5.41) is 11.9. The molecule has 0 bridgehead atoms. The molecule has 4 fully saturated rings. The second-order valence-electron chi connectivity index (χ2n) is 12.6. The number of ketones is 2. The minimum absolute atomic E-state index is 0.148. The van der Waals surface area contributed by atoms with Gasteiger partial charge in [-0.1, -0.05) is 47.1 Å². The van der Waals surface area contributed by atoms with Crippen LogP contribution in [-0.2, 0) is 19.1 Å². The molecule has 178 valence electrons. The number of aliphatic hydroxyl groups is 1. The van der Waals surface area contributed by atoms with Crippen LogP contribution in [-0.4, -0.2) is 41.3 Å². The quantitative estimate of drug-likeness (QED) is 0.696. The maximum atomic E-state index is 13.7. The molecule has 3 saturated carbocycles. The van der Waals surface area contributed by atoms with Crippen LogP contribution in [0.25, 0.3) is 0 Å². The van der Waals surface area contributed by atoms with E-state index < -0.39 is 17.1 Å². The molecule has 1 saturated heterocycles. The van der Waals surface area contributed by atoms with Crippen LogP contribution in [0.5, 0.6) is 0 Å². The summed E-state index contributed by atoms with van der Waals surface area (Å²) < 4.78 is 12.4. The first kappa shape index (κ1) is 22.7. The molecule has 9 atom stereocenters. The van der Waals surface area contributed by atoms with Crippen molar-refractivity contribution < 1.29 is 24.2 Å².